The first-order chi connectivity index (χ1) is 10.6. The number of carbonyl (C=O) groups is 1. The SMILES string of the molecule is CC1C(NCC2(O)CCSC2)CC(=O)N1Cc1ccccc1. The number of carbonyl (C=O) groups excluding carboxylic acids is 1. The standard InChI is InChI=1S/C17H24N2O2S/c1-13-15(18-11-17(21)7-8-22-12-17)9-16(20)19(13)10-14-5-3-2-4-6-14/h2-6,13,15,18,21H,7-12H2,1H3. The van der Waals surface area contributed by atoms with Gasteiger partial charge in [0.05, 0.1) is 5.60 Å². The van der Waals surface area contributed by atoms with Gasteiger partial charge < -0.3 is 15.3 Å². The highest BCUT2D eigenvalue weighted by Crippen LogP contribution is 2.28. The van der Waals surface area contributed by atoms with Crippen molar-refractivity contribution < 1.29 is 9.90 Å². The molecule has 2 fully saturated rings. The summed E-state index contributed by atoms with van der Waals surface area (Å²) in [5, 5.41) is 13.9. The van der Waals surface area contributed by atoms with Gasteiger partial charge in [-0.05, 0) is 24.7 Å². The normalized spacial score (nSPS) is 31.9. The first-order valence-electron chi connectivity index (χ1n) is 7.94. The third-order valence-corrected chi connectivity index (χ3v) is 5.99. The number of hydrogen-bond acceptors (Lipinski definition) is 4. The van der Waals surface area contributed by atoms with Crippen LogP contribution in [0.2, 0.25) is 0 Å². The van der Waals surface area contributed by atoms with Crippen LogP contribution in [-0.2, 0) is 11.3 Å². The molecule has 1 aromatic carbocycles. The van der Waals surface area contributed by atoms with E-state index in [0.717, 1.165) is 23.5 Å². The van der Waals surface area contributed by atoms with Crippen LogP contribution in [0.15, 0.2) is 30.3 Å². The molecule has 0 saturated carbocycles. The van der Waals surface area contributed by atoms with Crippen LogP contribution in [0.5, 0.6) is 0 Å². The molecule has 2 aliphatic heterocycles. The number of likely N-dealkylation sites (tertiary alicyclic amines) is 1. The van der Waals surface area contributed by atoms with Crippen LogP contribution < -0.4 is 5.32 Å². The molecule has 3 atom stereocenters. The lowest BCUT2D eigenvalue weighted by Gasteiger charge is -2.28. The third-order valence-electron chi connectivity index (χ3n) is 4.76. The zero-order chi connectivity index (χ0) is 15.6. The fourth-order valence-electron chi connectivity index (χ4n) is 3.23. The van der Waals surface area contributed by atoms with Gasteiger partial charge in [-0.2, -0.15) is 11.8 Å². The molecule has 120 valence electrons. The minimum absolute atomic E-state index is 0.130. The van der Waals surface area contributed by atoms with Crippen LogP contribution in [0.3, 0.4) is 0 Å². The van der Waals surface area contributed by atoms with Crippen molar-refractivity contribution >= 4 is 17.7 Å². The molecule has 2 aliphatic rings. The number of hydrogen-bond donors (Lipinski definition) is 2. The van der Waals surface area contributed by atoms with Gasteiger partial charge in [0.2, 0.25) is 5.91 Å². The van der Waals surface area contributed by atoms with Crippen LogP contribution in [0.25, 0.3) is 0 Å². The molecule has 0 spiro atoms. The third kappa shape index (κ3) is 3.47. The number of nitrogens with zero attached hydrogens (tertiary/aromatic N) is 1. The molecule has 3 unspecified atom stereocenters. The molecule has 4 nitrogen and oxygen atoms in total. The topological polar surface area (TPSA) is 52.6 Å². The largest absolute Gasteiger partial charge is 0.388 e. The second-order valence-corrected chi connectivity index (χ2v) is 7.57. The van der Waals surface area contributed by atoms with Crippen LogP contribution >= 0.6 is 11.8 Å². The Balaban J connectivity index is 1.58. The number of nitrogens with one attached hydrogen (secondary N) is 1. The van der Waals surface area contributed by atoms with Gasteiger partial charge in [-0.1, -0.05) is 30.3 Å². The van der Waals surface area contributed by atoms with E-state index in [9.17, 15) is 9.90 Å². The van der Waals surface area contributed by atoms with Gasteiger partial charge in [0, 0.05) is 37.3 Å². The molecular formula is C17H24N2O2S. The van der Waals surface area contributed by atoms with E-state index < -0.39 is 5.60 Å². The second kappa shape index (κ2) is 6.60. The molecule has 0 aromatic heterocycles. The maximum atomic E-state index is 12.3. The molecule has 0 bridgehead atoms. The van der Waals surface area contributed by atoms with Crippen LogP contribution in [-0.4, -0.2) is 51.6 Å². The first-order valence-corrected chi connectivity index (χ1v) is 9.10. The second-order valence-electron chi connectivity index (χ2n) is 6.47. The zero-order valence-corrected chi connectivity index (χ0v) is 13.8. The van der Waals surface area contributed by atoms with Gasteiger partial charge in [0.1, 0.15) is 0 Å². The Morgan fingerprint density at radius 2 is 2.18 bits per heavy atom. The van der Waals surface area contributed by atoms with E-state index in [-0.39, 0.29) is 18.0 Å². The van der Waals surface area contributed by atoms with Gasteiger partial charge in [0.25, 0.3) is 0 Å². The van der Waals surface area contributed by atoms with Crippen LogP contribution in [0, 0.1) is 0 Å². The Morgan fingerprint density at radius 1 is 1.41 bits per heavy atom. The molecule has 3 rings (SSSR count). The lowest BCUT2D eigenvalue weighted by atomic mass is 10.0. The maximum absolute atomic E-state index is 12.3. The summed E-state index contributed by atoms with van der Waals surface area (Å²) >= 11 is 1.80. The van der Waals surface area contributed by atoms with E-state index in [1.54, 1.807) is 11.8 Å². The van der Waals surface area contributed by atoms with Gasteiger partial charge in [-0.3, -0.25) is 4.79 Å². The Bertz CT molecular complexity index is 517. The summed E-state index contributed by atoms with van der Waals surface area (Å²) in [6, 6.07) is 10.4. The Hall–Kier alpha value is -1.04. The average Bonchev–Trinajstić information content (AvgIpc) is 3.06. The van der Waals surface area contributed by atoms with Crippen molar-refractivity contribution in [3.63, 3.8) is 0 Å². The maximum Gasteiger partial charge on any atom is 0.224 e. The first kappa shape index (κ1) is 15.8. The Labute approximate surface area is 136 Å². The van der Waals surface area contributed by atoms with Crippen molar-refractivity contribution in [2.75, 3.05) is 18.1 Å². The van der Waals surface area contributed by atoms with Gasteiger partial charge in [-0.15, -0.1) is 0 Å². The van der Waals surface area contributed by atoms with E-state index in [1.165, 1.54) is 0 Å². The number of benzene rings is 1. The summed E-state index contributed by atoms with van der Waals surface area (Å²) < 4.78 is 0. The highest BCUT2D eigenvalue weighted by molar-refractivity contribution is 7.99. The fourth-order valence-corrected chi connectivity index (χ4v) is 4.53. The number of thioether (sulfide) groups is 1. The molecule has 1 aromatic rings. The van der Waals surface area contributed by atoms with Gasteiger partial charge >= 0.3 is 0 Å². The lowest BCUT2D eigenvalue weighted by molar-refractivity contribution is -0.129. The molecule has 0 aliphatic carbocycles. The van der Waals surface area contributed by atoms with Crippen LogP contribution in [0.4, 0.5) is 0 Å². The summed E-state index contributed by atoms with van der Waals surface area (Å²) in [7, 11) is 0. The van der Waals surface area contributed by atoms with E-state index >= 15 is 0 Å². The van der Waals surface area contributed by atoms with Gasteiger partial charge in [0.15, 0.2) is 0 Å². The molecular weight excluding hydrogens is 296 g/mol. The van der Waals surface area contributed by atoms with Crippen LogP contribution in [0.1, 0.15) is 25.3 Å². The highest BCUT2D eigenvalue weighted by atomic mass is 32.2. The smallest absolute Gasteiger partial charge is 0.224 e. The number of rotatable bonds is 5. The summed E-state index contributed by atoms with van der Waals surface area (Å²) in [5.74, 6) is 2.02. The fraction of sp³-hybridized carbons (Fsp3) is 0.588. The quantitative estimate of drug-likeness (QED) is 0.866. The lowest BCUT2D eigenvalue weighted by Crippen LogP contribution is -2.48. The van der Waals surface area contributed by atoms with Gasteiger partial charge in [-0.25, -0.2) is 0 Å². The molecule has 2 saturated heterocycles. The van der Waals surface area contributed by atoms with Crippen molar-refractivity contribution in [3.05, 3.63) is 35.9 Å². The predicted octanol–water partition coefficient (Wildman–Crippen LogP) is 1.63. The van der Waals surface area contributed by atoms with E-state index in [4.69, 9.17) is 0 Å². The van der Waals surface area contributed by atoms with E-state index in [1.807, 2.05) is 23.1 Å². The summed E-state index contributed by atoms with van der Waals surface area (Å²) in [6.45, 7) is 3.35. The molecule has 22 heavy (non-hydrogen) atoms. The summed E-state index contributed by atoms with van der Waals surface area (Å²) in [5.41, 5.74) is 0.564. The monoisotopic (exact) mass is 320 g/mol. The number of amides is 1. The van der Waals surface area contributed by atoms with Crippen molar-refractivity contribution in [2.24, 2.45) is 0 Å². The average molecular weight is 320 g/mol. The molecule has 1 amide bonds. The minimum atomic E-state index is -0.597. The van der Waals surface area contributed by atoms with Crippen molar-refractivity contribution in [1.82, 2.24) is 10.2 Å². The van der Waals surface area contributed by atoms with Crippen molar-refractivity contribution in [1.29, 1.82) is 0 Å². The van der Waals surface area contributed by atoms with Crippen molar-refractivity contribution in [3.8, 4) is 0 Å². The molecule has 2 heterocycles. The van der Waals surface area contributed by atoms with E-state index in [0.29, 0.717) is 19.5 Å². The zero-order valence-electron chi connectivity index (χ0n) is 13.0. The molecule has 5 heteroatoms. The van der Waals surface area contributed by atoms with E-state index in [2.05, 4.69) is 24.4 Å². The Kier molecular flexibility index (Phi) is 4.76. The molecule has 0 radical (unpaired) electrons. The summed E-state index contributed by atoms with van der Waals surface area (Å²) in [6.07, 6.45) is 1.37. The highest BCUT2D eigenvalue weighted by Gasteiger charge is 2.39. The molecule has 2 N–H and O–H groups in total. The Morgan fingerprint density at radius 3 is 2.86 bits per heavy atom. The van der Waals surface area contributed by atoms with Crippen molar-refractivity contribution in [2.45, 2.75) is 44.0 Å². The number of aliphatic hydroxyl groups is 1. The summed E-state index contributed by atoms with van der Waals surface area (Å²) in [4.78, 5) is 14.2. The minimum Gasteiger partial charge on any atom is -0.388 e. The predicted molar refractivity (Wildman–Crippen MR) is 89.8 cm³/mol.